The fourth-order valence-corrected chi connectivity index (χ4v) is 6.25. The molecule has 202 valence electrons. The van der Waals surface area contributed by atoms with Crippen molar-refractivity contribution < 1.29 is 5.11 Å². The van der Waals surface area contributed by atoms with Crippen molar-refractivity contribution >= 4 is 11.3 Å². The summed E-state index contributed by atoms with van der Waals surface area (Å²) >= 11 is 0. The Balaban J connectivity index is 1.46. The lowest BCUT2D eigenvalue weighted by molar-refractivity contribution is -0.0738. The lowest BCUT2D eigenvalue weighted by Crippen LogP contribution is -2.58. The van der Waals surface area contributed by atoms with Crippen molar-refractivity contribution in [3.8, 4) is 44.8 Å². The smallest absolute Gasteiger partial charge is 0.164 e. The summed E-state index contributed by atoms with van der Waals surface area (Å²) in [6.45, 7) is 1.84. The number of hydrogen-bond donors (Lipinski definition) is 3. The number of nitrogens with two attached hydrogens (primary N) is 2. The lowest BCUT2D eigenvalue weighted by Gasteiger charge is -2.49. The van der Waals surface area contributed by atoms with Gasteiger partial charge in [-0.15, -0.1) is 0 Å². The Hall–Kier alpha value is -4.78. The van der Waals surface area contributed by atoms with Gasteiger partial charge in [0, 0.05) is 34.1 Å². The maximum Gasteiger partial charge on any atom is 0.164 e. The number of nitrogen functional groups attached to an aromatic ring is 1. The van der Waals surface area contributed by atoms with Gasteiger partial charge in [0.05, 0.1) is 16.9 Å². The highest BCUT2D eigenvalue weighted by Gasteiger charge is 2.49. The lowest BCUT2D eigenvalue weighted by atomic mass is 9.63. The summed E-state index contributed by atoms with van der Waals surface area (Å²) in [6.07, 6.45) is 3.15. The first-order valence-electron chi connectivity index (χ1n) is 13.8. The number of aromatic nitrogens is 3. The maximum absolute atomic E-state index is 10.3. The average Bonchev–Trinajstić information content (AvgIpc) is 3.35. The second-order valence-electron chi connectivity index (χ2n) is 11.4. The van der Waals surface area contributed by atoms with Crippen LogP contribution in [0.3, 0.4) is 0 Å². The number of aliphatic hydroxyl groups is 1. The van der Waals surface area contributed by atoms with Gasteiger partial charge in [0.15, 0.2) is 5.65 Å². The maximum atomic E-state index is 10.3. The van der Waals surface area contributed by atoms with E-state index in [9.17, 15) is 5.11 Å². The molecule has 0 aliphatic heterocycles. The average molecular weight is 538 g/mol. The monoisotopic (exact) mass is 537 g/mol. The molecule has 2 aromatic heterocycles. The van der Waals surface area contributed by atoms with Gasteiger partial charge in [-0.25, -0.2) is 9.50 Å². The van der Waals surface area contributed by atoms with Crippen molar-refractivity contribution in [2.75, 3.05) is 5.73 Å². The molecule has 6 nitrogen and oxygen atoms in total. The van der Waals surface area contributed by atoms with E-state index in [1.54, 1.807) is 0 Å². The molecule has 1 saturated carbocycles. The molecule has 4 aromatic carbocycles. The first-order chi connectivity index (χ1) is 19.8. The summed E-state index contributed by atoms with van der Waals surface area (Å²) in [6, 6.07) is 36.6. The highest BCUT2D eigenvalue weighted by Crippen LogP contribution is 2.46. The summed E-state index contributed by atoms with van der Waals surface area (Å²) in [7, 11) is 0. The molecule has 1 aliphatic rings. The van der Waals surface area contributed by atoms with Crippen molar-refractivity contribution in [3.05, 3.63) is 121 Å². The van der Waals surface area contributed by atoms with Crippen LogP contribution in [0.2, 0.25) is 0 Å². The van der Waals surface area contributed by atoms with Gasteiger partial charge in [0.2, 0.25) is 0 Å². The Morgan fingerprint density at radius 1 is 0.732 bits per heavy atom. The van der Waals surface area contributed by atoms with Gasteiger partial charge in [-0.3, -0.25) is 0 Å². The molecule has 6 heteroatoms. The van der Waals surface area contributed by atoms with Crippen LogP contribution in [0, 0.1) is 0 Å². The predicted octanol–water partition coefficient (Wildman–Crippen LogP) is 6.68. The van der Waals surface area contributed by atoms with Crippen LogP contribution in [0.4, 0.5) is 5.69 Å². The van der Waals surface area contributed by atoms with Crippen LogP contribution in [-0.2, 0) is 5.54 Å². The minimum Gasteiger partial charge on any atom is -0.399 e. The van der Waals surface area contributed by atoms with Crippen LogP contribution in [0.5, 0.6) is 0 Å². The van der Waals surface area contributed by atoms with E-state index >= 15 is 0 Å². The molecule has 0 bridgehead atoms. The van der Waals surface area contributed by atoms with Gasteiger partial charge < -0.3 is 16.6 Å². The molecule has 0 amide bonds. The third kappa shape index (κ3) is 4.47. The summed E-state index contributed by atoms with van der Waals surface area (Å²) in [5, 5.41) is 15.4. The van der Waals surface area contributed by atoms with Gasteiger partial charge in [-0.2, -0.15) is 5.10 Å². The third-order valence-corrected chi connectivity index (χ3v) is 8.04. The molecule has 0 atom stereocenters. The van der Waals surface area contributed by atoms with Gasteiger partial charge >= 0.3 is 0 Å². The van der Waals surface area contributed by atoms with Crippen molar-refractivity contribution in [2.24, 2.45) is 5.73 Å². The number of anilines is 1. The Kier molecular flexibility index (Phi) is 5.78. The molecule has 0 unspecified atom stereocenters. The fourth-order valence-electron chi connectivity index (χ4n) is 6.25. The molecule has 2 heterocycles. The molecule has 5 N–H and O–H groups in total. The number of fused-ring (bicyclic) bond motifs is 1. The molecule has 1 aliphatic carbocycles. The van der Waals surface area contributed by atoms with Crippen LogP contribution in [0.25, 0.3) is 50.4 Å². The molecule has 7 rings (SSSR count). The zero-order valence-electron chi connectivity index (χ0n) is 22.8. The fraction of sp³-hybridized carbons (Fsp3) is 0.143. The summed E-state index contributed by atoms with van der Waals surface area (Å²) in [5.41, 5.74) is 21.7. The number of rotatable bonds is 5. The minimum atomic E-state index is -0.712. The molecule has 0 radical (unpaired) electrons. The summed E-state index contributed by atoms with van der Waals surface area (Å²) in [5.74, 6) is 0. The second kappa shape index (κ2) is 9.41. The van der Waals surface area contributed by atoms with Gasteiger partial charge in [0.1, 0.15) is 5.69 Å². The quantitative estimate of drug-likeness (QED) is 0.213. The topological polar surface area (TPSA) is 102 Å². The van der Waals surface area contributed by atoms with E-state index in [1.165, 1.54) is 0 Å². The Labute approximate surface area is 238 Å². The largest absolute Gasteiger partial charge is 0.399 e. The van der Waals surface area contributed by atoms with Crippen LogP contribution in [0.1, 0.15) is 25.3 Å². The molecule has 1 fully saturated rings. The number of hydrogen-bond acceptors (Lipinski definition) is 5. The van der Waals surface area contributed by atoms with Gasteiger partial charge in [0.25, 0.3) is 0 Å². The number of nitrogens with zero attached hydrogens (tertiary/aromatic N) is 3. The molecular weight excluding hydrogens is 506 g/mol. The molecule has 0 saturated heterocycles. The SMILES string of the molecule is CC1(O)CC(N)(c2ccc(-c3nc4c(-c5cccc(N)c5)c(-c5ccccc5)nn4cc3-c3ccccc3)cc2)C1. The highest BCUT2D eigenvalue weighted by molar-refractivity contribution is 5.93. The van der Waals surface area contributed by atoms with E-state index in [0.717, 1.165) is 56.0 Å². The van der Waals surface area contributed by atoms with Crippen LogP contribution in [0.15, 0.2) is 115 Å². The van der Waals surface area contributed by atoms with E-state index in [0.29, 0.717) is 18.5 Å². The highest BCUT2D eigenvalue weighted by atomic mass is 16.3. The van der Waals surface area contributed by atoms with E-state index in [-0.39, 0.29) is 0 Å². The van der Waals surface area contributed by atoms with E-state index in [2.05, 4.69) is 60.8 Å². The molecule has 6 aromatic rings. The van der Waals surface area contributed by atoms with Crippen molar-refractivity contribution in [2.45, 2.75) is 30.9 Å². The van der Waals surface area contributed by atoms with E-state index in [1.807, 2.05) is 66.0 Å². The molecular formula is C35H31N5O. The standard InChI is InChI=1S/C35H31N5O/c1-34(41)21-35(37,22-34)27-17-15-25(16-18-27)31-29(23-9-4-2-5-10-23)20-40-33(38-31)30(26-13-8-14-28(36)19-26)32(39-40)24-11-6-3-7-12-24/h2-20,41H,21-22,36-37H2,1H3. The predicted molar refractivity (Wildman–Crippen MR) is 165 cm³/mol. The summed E-state index contributed by atoms with van der Waals surface area (Å²) < 4.78 is 1.88. The second-order valence-corrected chi connectivity index (χ2v) is 11.4. The Morgan fingerprint density at radius 2 is 1.34 bits per heavy atom. The van der Waals surface area contributed by atoms with E-state index in [4.69, 9.17) is 21.5 Å². The molecule has 0 spiro atoms. The Bertz CT molecular complexity index is 1870. The zero-order valence-corrected chi connectivity index (χ0v) is 22.8. The van der Waals surface area contributed by atoms with Gasteiger partial charge in [-0.1, -0.05) is 97.1 Å². The van der Waals surface area contributed by atoms with Crippen molar-refractivity contribution in [3.63, 3.8) is 0 Å². The zero-order chi connectivity index (χ0) is 28.2. The van der Waals surface area contributed by atoms with Gasteiger partial charge in [-0.05, 0) is 48.6 Å². The third-order valence-electron chi connectivity index (χ3n) is 8.04. The van der Waals surface area contributed by atoms with Crippen LogP contribution in [-0.4, -0.2) is 25.3 Å². The Morgan fingerprint density at radius 3 is 1.98 bits per heavy atom. The molecule has 41 heavy (non-hydrogen) atoms. The van der Waals surface area contributed by atoms with Crippen LogP contribution < -0.4 is 11.5 Å². The first-order valence-corrected chi connectivity index (χ1v) is 13.8. The summed E-state index contributed by atoms with van der Waals surface area (Å²) in [4.78, 5) is 5.31. The van der Waals surface area contributed by atoms with Crippen molar-refractivity contribution in [1.82, 2.24) is 14.6 Å². The van der Waals surface area contributed by atoms with E-state index < -0.39 is 11.1 Å². The number of benzene rings is 4. The normalized spacial score (nSPS) is 20.2. The minimum absolute atomic E-state index is 0.516. The first kappa shape index (κ1) is 25.2. The van der Waals surface area contributed by atoms with Crippen LogP contribution >= 0.6 is 0 Å². The van der Waals surface area contributed by atoms with Crippen molar-refractivity contribution in [1.29, 1.82) is 0 Å².